The highest BCUT2D eigenvalue weighted by Crippen LogP contribution is 2.35. The summed E-state index contributed by atoms with van der Waals surface area (Å²) < 4.78 is 1.02. The van der Waals surface area contributed by atoms with Gasteiger partial charge in [0.2, 0.25) is 5.91 Å². The summed E-state index contributed by atoms with van der Waals surface area (Å²) in [5.41, 5.74) is 2.17. The van der Waals surface area contributed by atoms with Crippen molar-refractivity contribution in [3.8, 4) is 0 Å². The number of nitrogens with one attached hydrogen (secondary N) is 1. The Hall–Kier alpha value is -1.07. The molecule has 0 saturated carbocycles. The van der Waals surface area contributed by atoms with Crippen LogP contribution in [0.2, 0.25) is 0 Å². The topological polar surface area (TPSA) is 35.6 Å². The second kappa shape index (κ2) is 5.74. The first kappa shape index (κ1) is 13.9. The van der Waals surface area contributed by atoms with Crippen LogP contribution in [0.15, 0.2) is 22.7 Å². The van der Waals surface area contributed by atoms with Crippen molar-refractivity contribution in [3.63, 3.8) is 0 Å². The minimum Gasteiger partial charge on any atom is -0.364 e. The molecule has 0 aromatic heterocycles. The summed E-state index contributed by atoms with van der Waals surface area (Å²) in [4.78, 5) is 16.4. The maximum Gasteiger partial charge on any atom is 0.246 e. The number of hydrogen-bond donors (Lipinski definition) is 1. The lowest BCUT2D eigenvalue weighted by atomic mass is 9.98. The molecule has 1 aromatic carbocycles. The SMILES string of the molecule is CN1CC(=O)N(CC2CCCNC2)c2cc(Br)ccc21. The molecule has 5 heteroatoms. The fraction of sp³-hybridized carbons (Fsp3) is 0.533. The van der Waals surface area contributed by atoms with Crippen molar-refractivity contribution in [2.45, 2.75) is 12.8 Å². The number of benzene rings is 1. The summed E-state index contributed by atoms with van der Waals surface area (Å²) in [6, 6.07) is 6.17. The smallest absolute Gasteiger partial charge is 0.246 e. The number of amides is 1. The fourth-order valence-electron chi connectivity index (χ4n) is 3.08. The molecular weight excluding hydrogens is 318 g/mol. The summed E-state index contributed by atoms with van der Waals surface area (Å²) in [6.07, 6.45) is 2.41. The van der Waals surface area contributed by atoms with Gasteiger partial charge in [0.05, 0.1) is 17.9 Å². The highest BCUT2D eigenvalue weighted by molar-refractivity contribution is 9.10. The second-order valence-electron chi connectivity index (χ2n) is 5.71. The quantitative estimate of drug-likeness (QED) is 0.898. The monoisotopic (exact) mass is 337 g/mol. The number of halogens is 1. The van der Waals surface area contributed by atoms with E-state index in [4.69, 9.17) is 0 Å². The molecule has 4 nitrogen and oxygen atoms in total. The summed E-state index contributed by atoms with van der Waals surface area (Å²) in [7, 11) is 1.98. The molecule has 108 valence electrons. The predicted octanol–water partition coefficient (Wildman–Crippen LogP) is 2.23. The van der Waals surface area contributed by atoms with Gasteiger partial charge >= 0.3 is 0 Å². The standard InChI is InChI=1S/C15H20BrN3O/c1-18-10-15(20)19(9-11-3-2-6-17-8-11)14-7-12(16)4-5-13(14)18/h4-5,7,11,17H,2-3,6,8-10H2,1H3. The van der Waals surface area contributed by atoms with Gasteiger partial charge in [-0.25, -0.2) is 0 Å². The maximum atomic E-state index is 12.4. The Morgan fingerprint density at radius 3 is 3.00 bits per heavy atom. The largest absolute Gasteiger partial charge is 0.364 e. The number of piperidine rings is 1. The van der Waals surface area contributed by atoms with E-state index < -0.39 is 0 Å². The van der Waals surface area contributed by atoms with E-state index in [1.54, 1.807) is 0 Å². The van der Waals surface area contributed by atoms with E-state index in [1.807, 2.05) is 22.9 Å². The van der Waals surface area contributed by atoms with Crippen LogP contribution >= 0.6 is 15.9 Å². The van der Waals surface area contributed by atoms with E-state index in [0.717, 1.165) is 35.5 Å². The highest BCUT2D eigenvalue weighted by Gasteiger charge is 2.29. The van der Waals surface area contributed by atoms with Crippen molar-refractivity contribution < 1.29 is 4.79 Å². The molecule has 0 spiro atoms. The number of likely N-dealkylation sites (N-methyl/N-ethyl adjacent to an activating group) is 1. The number of nitrogens with zero attached hydrogens (tertiary/aromatic N) is 2. The van der Waals surface area contributed by atoms with E-state index in [-0.39, 0.29) is 5.91 Å². The van der Waals surface area contributed by atoms with E-state index in [0.29, 0.717) is 12.5 Å². The van der Waals surface area contributed by atoms with Gasteiger partial charge in [0.15, 0.2) is 0 Å². The Balaban J connectivity index is 1.87. The lowest BCUT2D eigenvalue weighted by Gasteiger charge is -2.38. The van der Waals surface area contributed by atoms with Gasteiger partial charge in [-0.2, -0.15) is 0 Å². The van der Waals surface area contributed by atoms with Crippen LogP contribution < -0.4 is 15.1 Å². The number of fused-ring (bicyclic) bond motifs is 1. The molecule has 0 aliphatic carbocycles. The molecule has 2 aliphatic rings. The first-order chi connectivity index (χ1) is 9.65. The first-order valence-electron chi connectivity index (χ1n) is 7.17. The van der Waals surface area contributed by atoms with Crippen LogP contribution in [0.1, 0.15) is 12.8 Å². The van der Waals surface area contributed by atoms with Crippen molar-refractivity contribution in [2.24, 2.45) is 5.92 Å². The molecule has 1 atom stereocenters. The van der Waals surface area contributed by atoms with Gasteiger partial charge in [0.25, 0.3) is 0 Å². The number of rotatable bonds is 2. The first-order valence-corrected chi connectivity index (χ1v) is 7.96. The van der Waals surface area contributed by atoms with Crippen LogP contribution in [-0.4, -0.2) is 39.1 Å². The Labute approximate surface area is 128 Å². The predicted molar refractivity (Wildman–Crippen MR) is 85.4 cm³/mol. The molecule has 1 unspecified atom stereocenters. The number of hydrogen-bond acceptors (Lipinski definition) is 3. The average molecular weight is 338 g/mol. The molecule has 0 radical (unpaired) electrons. The molecule has 1 N–H and O–H groups in total. The molecule has 1 fully saturated rings. The minimum atomic E-state index is 0.198. The Kier molecular flexibility index (Phi) is 3.98. The van der Waals surface area contributed by atoms with Gasteiger partial charge in [-0.05, 0) is 50.0 Å². The lowest BCUT2D eigenvalue weighted by Crippen LogP contribution is -2.48. The van der Waals surface area contributed by atoms with E-state index >= 15 is 0 Å². The normalized spacial score (nSPS) is 22.9. The second-order valence-corrected chi connectivity index (χ2v) is 6.62. The van der Waals surface area contributed by atoms with Crippen molar-refractivity contribution in [1.82, 2.24) is 5.32 Å². The van der Waals surface area contributed by atoms with Crippen LogP contribution in [0, 0.1) is 5.92 Å². The van der Waals surface area contributed by atoms with Crippen molar-refractivity contribution >= 4 is 33.2 Å². The zero-order valence-corrected chi connectivity index (χ0v) is 13.3. The van der Waals surface area contributed by atoms with E-state index in [9.17, 15) is 4.79 Å². The van der Waals surface area contributed by atoms with Crippen LogP contribution in [0.3, 0.4) is 0 Å². The molecule has 3 rings (SSSR count). The molecular formula is C15H20BrN3O. The van der Waals surface area contributed by atoms with Crippen LogP contribution in [0.4, 0.5) is 11.4 Å². The number of anilines is 2. The third kappa shape index (κ3) is 2.69. The molecule has 20 heavy (non-hydrogen) atoms. The maximum absolute atomic E-state index is 12.4. The molecule has 2 aliphatic heterocycles. The molecule has 2 heterocycles. The summed E-state index contributed by atoms with van der Waals surface area (Å²) in [5.74, 6) is 0.756. The molecule has 1 saturated heterocycles. The van der Waals surface area contributed by atoms with Gasteiger partial charge in [-0.3, -0.25) is 4.79 Å². The zero-order valence-electron chi connectivity index (χ0n) is 11.7. The van der Waals surface area contributed by atoms with Gasteiger partial charge in [-0.15, -0.1) is 0 Å². The van der Waals surface area contributed by atoms with Crippen molar-refractivity contribution in [3.05, 3.63) is 22.7 Å². The van der Waals surface area contributed by atoms with Gasteiger partial charge < -0.3 is 15.1 Å². The third-order valence-electron chi connectivity index (χ3n) is 4.15. The summed E-state index contributed by atoms with van der Waals surface area (Å²) in [5, 5.41) is 3.43. The summed E-state index contributed by atoms with van der Waals surface area (Å²) in [6.45, 7) is 3.41. The average Bonchev–Trinajstić information content (AvgIpc) is 2.44. The van der Waals surface area contributed by atoms with Crippen molar-refractivity contribution in [2.75, 3.05) is 43.0 Å². The van der Waals surface area contributed by atoms with Gasteiger partial charge in [0.1, 0.15) is 0 Å². The third-order valence-corrected chi connectivity index (χ3v) is 4.65. The lowest BCUT2D eigenvalue weighted by molar-refractivity contribution is -0.117. The molecule has 1 amide bonds. The number of carbonyl (C=O) groups excluding carboxylic acids is 1. The molecule has 1 aromatic rings. The van der Waals surface area contributed by atoms with Crippen LogP contribution in [0.25, 0.3) is 0 Å². The molecule has 0 bridgehead atoms. The number of carbonyl (C=O) groups is 1. The van der Waals surface area contributed by atoms with Gasteiger partial charge in [-0.1, -0.05) is 15.9 Å². The Bertz CT molecular complexity index is 514. The van der Waals surface area contributed by atoms with Crippen molar-refractivity contribution in [1.29, 1.82) is 0 Å². The Morgan fingerprint density at radius 2 is 2.25 bits per heavy atom. The Morgan fingerprint density at radius 1 is 1.40 bits per heavy atom. The van der Waals surface area contributed by atoms with E-state index in [1.165, 1.54) is 12.8 Å². The highest BCUT2D eigenvalue weighted by atomic mass is 79.9. The van der Waals surface area contributed by atoms with Crippen LogP contribution in [0.5, 0.6) is 0 Å². The fourth-order valence-corrected chi connectivity index (χ4v) is 3.43. The van der Waals surface area contributed by atoms with E-state index in [2.05, 4.69) is 33.4 Å². The summed E-state index contributed by atoms with van der Waals surface area (Å²) >= 11 is 3.51. The van der Waals surface area contributed by atoms with Crippen LogP contribution in [-0.2, 0) is 4.79 Å². The van der Waals surface area contributed by atoms with Gasteiger partial charge in [0, 0.05) is 18.1 Å². The zero-order chi connectivity index (χ0) is 14.1. The minimum absolute atomic E-state index is 0.198.